The molecular formula is C12H16FNO. The lowest BCUT2D eigenvalue weighted by Gasteiger charge is -2.20. The molecule has 15 heavy (non-hydrogen) atoms. The molecule has 0 radical (unpaired) electrons. The fourth-order valence-electron chi connectivity index (χ4n) is 2.13. The van der Waals surface area contributed by atoms with E-state index < -0.39 is 6.10 Å². The smallest absolute Gasteiger partial charge is 0.123 e. The van der Waals surface area contributed by atoms with E-state index in [1.807, 2.05) is 6.92 Å². The second-order valence-electron chi connectivity index (χ2n) is 4.15. The van der Waals surface area contributed by atoms with Crippen molar-refractivity contribution in [1.29, 1.82) is 0 Å². The molecule has 1 aromatic carbocycles. The Hall–Kier alpha value is -0.930. The average Bonchev–Trinajstić information content (AvgIpc) is 2.74. The lowest BCUT2D eigenvalue weighted by Crippen LogP contribution is -2.29. The molecule has 82 valence electrons. The van der Waals surface area contributed by atoms with Gasteiger partial charge in [-0.15, -0.1) is 0 Å². The molecule has 2 N–H and O–H groups in total. The molecule has 1 saturated heterocycles. The topological polar surface area (TPSA) is 32.3 Å². The van der Waals surface area contributed by atoms with Crippen LogP contribution in [0.4, 0.5) is 4.39 Å². The lowest BCUT2D eigenvalue weighted by atomic mass is 9.97. The van der Waals surface area contributed by atoms with Gasteiger partial charge in [0.05, 0.1) is 6.10 Å². The van der Waals surface area contributed by atoms with E-state index in [4.69, 9.17) is 0 Å². The Morgan fingerprint density at radius 1 is 1.53 bits per heavy atom. The molecular weight excluding hydrogens is 193 g/mol. The standard InChI is InChI=1S/C12H16FNO/c1-8-4-5-9(13)7-10(8)12(15)11-3-2-6-14-11/h4-5,7,11-12,14-15H,2-3,6H2,1H3. The predicted molar refractivity (Wildman–Crippen MR) is 57.1 cm³/mol. The Labute approximate surface area is 89.1 Å². The van der Waals surface area contributed by atoms with Crippen LogP contribution in [0.2, 0.25) is 0 Å². The second kappa shape index (κ2) is 4.29. The van der Waals surface area contributed by atoms with Crippen LogP contribution in [0, 0.1) is 12.7 Å². The highest BCUT2D eigenvalue weighted by atomic mass is 19.1. The first kappa shape index (κ1) is 10.6. The minimum atomic E-state index is -0.594. The van der Waals surface area contributed by atoms with Gasteiger partial charge in [0.1, 0.15) is 5.82 Å². The molecule has 2 nitrogen and oxygen atoms in total. The fraction of sp³-hybridized carbons (Fsp3) is 0.500. The van der Waals surface area contributed by atoms with Crippen molar-refractivity contribution in [2.24, 2.45) is 0 Å². The molecule has 2 unspecified atom stereocenters. The van der Waals surface area contributed by atoms with Crippen molar-refractivity contribution in [1.82, 2.24) is 5.32 Å². The van der Waals surface area contributed by atoms with Gasteiger partial charge in [-0.2, -0.15) is 0 Å². The minimum Gasteiger partial charge on any atom is -0.387 e. The van der Waals surface area contributed by atoms with Crippen LogP contribution in [0.3, 0.4) is 0 Å². The first-order valence-corrected chi connectivity index (χ1v) is 5.36. The zero-order chi connectivity index (χ0) is 10.8. The van der Waals surface area contributed by atoms with Crippen LogP contribution in [0.5, 0.6) is 0 Å². The number of nitrogens with one attached hydrogen (secondary N) is 1. The van der Waals surface area contributed by atoms with Gasteiger partial charge in [-0.05, 0) is 49.6 Å². The maximum absolute atomic E-state index is 13.1. The fourth-order valence-corrected chi connectivity index (χ4v) is 2.13. The summed E-state index contributed by atoms with van der Waals surface area (Å²) in [5.41, 5.74) is 1.65. The van der Waals surface area contributed by atoms with E-state index in [2.05, 4.69) is 5.32 Å². The van der Waals surface area contributed by atoms with Crippen LogP contribution in [-0.4, -0.2) is 17.7 Å². The number of aliphatic hydroxyl groups excluding tert-OH is 1. The van der Waals surface area contributed by atoms with Gasteiger partial charge >= 0.3 is 0 Å². The highest BCUT2D eigenvalue weighted by Gasteiger charge is 2.25. The van der Waals surface area contributed by atoms with Crippen LogP contribution in [-0.2, 0) is 0 Å². The summed E-state index contributed by atoms with van der Waals surface area (Å²) in [5, 5.41) is 13.3. The molecule has 0 spiro atoms. The van der Waals surface area contributed by atoms with E-state index in [9.17, 15) is 9.50 Å². The Morgan fingerprint density at radius 2 is 2.33 bits per heavy atom. The van der Waals surface area contributed by atoms with Crippen molar-refractivity contribution in [3.63, 3.8) is 0 Å². The molecule has 0 aliphatic carbocycles. The van der Waals surface area contributed by atoms with E-state index in [0.717, 1.165) is 24.9 Å². The van der Waals surface area contributed by atoms with Crippen molar-refractivity contribution >= 4 is 0 Å². The van der Waals surface area contributed by atoms with E-state index in [-0.39, 0.29) is 11.9 Å². The van der Waals surface area contributed by atoms with Crippen molar-refractivity contribution in [2.45, 2.75) is 31.9 Å². The molecule has 3 heteroatoms. The number of hydrogen-bond donors (Lipinski definition) is 2. The van der Waals surface area contributed by atoms with Gasteiger partial charge in [-0.1, -0.05) is 6.07 Å². The van der Waals surface area contributed by atoms with Crippen molar-refractivity contribution in [2.75, 3.05) is 6.54 Å². The zero-order valence-corrected chi connectivity index (χ0v) is 8.83. The molecule has 1 aromatic rings. The largest absolute Gasteiger partial charge is 0.387 e. The Morgan fingerprint density at radius 3 is 3.00 bits per heavy atom. The zero-order valence-electron chi connectivity index (χ0n) is 8.83. The Balaban J connectivity index is 2.23. The molecule has 1 heterocycles. The Bertz CT molecular complexity index is 347. The first-order valence-electron chi connectivity index (χ1n) is 5.36. The SMILES string of the molecule is Cc1ccc(F)cc1C(O)C1CCCN1. The van der Waals surface area contributed by atoms with Gasteiger partial charge in [0.15, 0.2) is 0 Å². The van der Waals surface area contributed by atoms with Gasteiger partial charge in [0.25, 0.3) is 0 Å². The molecule has 1 aliphatic rings. The first-order chi connectivity index (χ1) is 7.18. The highest BCUT2D eigenvalue weighted by molar-refractivity contribution is 5.29. The van der Waals surface area contributed by atoms with Crippen LogP contribution in [0.1, 0.15) is 30.1 Å². The molecule has 2 atom stereocenters. The molecule has 1 aliphatic heterocycles. The molecule has 0 saturated carbocycles. The Kier molecular flexibility index (Phi) is 3.03. The monoisotopic (exact) mass is 209 g/mol. The van der Waals surface area contributed by atoms with Gasteiger partial charge in [-0.25, -0.2) is 4.39 Å². The summed E-state index contributed by atoms with van der Waals surface area (Å²) < 4.78 is 13.1. The quantitative estimate of drug-likeness (QED) is 0.780. The average molecular weight is 209 g/mol. The summed E-state index contributed by atoms with van der Waals surface area (Å²) in [7, 11) is 0. The van der Waals surface area contributed by atoms with E-state index in [1.165, 1.54) is 12.1 Å². The molecule has 0 aromatic heterocycles. The maximum Gasteiger partial charge on any atom is 0.123 e. The van der Waals surface area contributed by atoms with Gasteiger partial charge in [-0.3, -0.25) is 0 Å². The van der Waals surface area contributed by atoms with E-state index in [0.29, 0.717) is 5.56 Å². The van der Waals surface area contributed by atoms with E-state index in [1.54, 1.807) is 6.07 Å². The third kappa shape index (κ3) is 2.19. The molecule has 0 bridgehead atoms. The third-order valence-electron chi connectivity index (χ3n) is 3.04. The summed E-state index contributed by atoms with van der Waals surface area (Å²) in [6.07, 6.45) is 1.44. The lowest BCUT2D eigenvalue weighted by molar-refractivity contribution is 0.136. The van der Waals surface area contributed by atoms with Crippen molar-refractivity contribution < 1.29 is 9.50 Å². The van der Waals surface area contributed by atoms with Crippen molar-refractivity contribution in [3.8, 4) is 0 Å². The van der Waals surface area contributed by atoms with Gasteiger partial charge < -0.3 is 10.4 Å². The maximum atomic E-state index is 13.1. The minimum absolute atomic E-state index is 0.0745. The predicted octanol–water partition coefficient (Wildman–Crippen LogP) is 1.92. The highest BCUT2D eigenvalue weighted by Crippen LogP contribution is 2.25. The van der Waals surface area contributed by atoms with Crippen LogP contribution in [0.15, 0.2) is 18.2 Å². The van der Waals surface area contributed by atoms with Crippen LogP contribution in [0.25, 0.3) is 0 Å². The number of halogens is 1. The summed E-state index contributed by atoms with van der Waals surface area (Å²) in [6.45, 7) is 2.84. The number of rotatable bonds is 2. The van der Waals surface area contributed by atoms with E-state index >= 15 is 0 Å². The normalized spacial score (nSPS) is 23.0. The van der Waals surface area contributed by atoms with Gasteiger partial charge in [0, 0.05) is 6.04 Å². The second-order valence-corrected chi connectivity index (χ2v) is 4.15. The molecule has 0 amide bonds. The summed E-state index contributed by atoms with van der Waals surface area (Å²) in [6, 6.07) is 4.64. The third-order valence-corrected chi connectivity index (χ3v) is 3.04. The number of hydrogen-bond acceptors (Lipinski definition) is 2. The van der Waals surface area contributed by atoms with Crippen LogP contribution < -0.4 is 5.32 Å². The summed E-state index contributed by atoms with van der Waals surface area (Å²) >= 11 is 0. The number of aliphatic hydroxyl groups is 1. The number of aryl methyl sites for hydroxylation is 1. The van der Waals surface area contributed by atoms with Crippen molar-refractivity contribution in [3.05, 3.63) is 35.1 Å². The summed E-state index contributed by atoms with van der Waals surface area (Å²) in [4.78, 5) is 0. The van der Waals surface area contributed by atoms with Crippen LogP contribution >= 0.6 is 0 Å². The summed E-state index contributed by atoms with van der Waals surface area (Å²) in [5.74, 6) is -0.285. The van der Waals surface area contributed by atoms with Gasteiger partial charge in [0.2, 0.25) is 0 Å². The molecule has 2 rings (SSSR count). The molecule has 1 fully saturated rings. The number of benzene rings is 1.